The van der Waals surface area contributed by atoms with Crippen LogP contribution in [0, 0.1) is 0 Å². The summed E-state index contributed by atoms with van der Waals surface area (Å²) in [4.78, 5) is 12.5. The van der Waals surface area contributed by atoms with E-state index in [-0.39, 0.29) is 5.91 Å². The van der Waals surface area contributed by atoms with Crippen molar-refractivity contribution in [2.75, 3.05) is 5.32 Å². The van der Waals surface area contributed by atoms with Crippen LogP contribution in [0.1, 0.15) is 34.0 Å². The molecule has 0 saturated carbocycles. The van der Waals surface area contributed by atoms with E-state index in [4.69, 9.17) is 0 Å². The summed E-state index contributed by atoms with van der Waals surface area (Å²) in [6.07, 6.45) is 1.77. The van der Waals surface area contributed by atoms with Crippen molar-refractivity contribution in [2.45, 2.75) is 19.8 Å². The van der Waals surface area contributed by atoms with Crippen LogP contribution in [0.3, 0.4) is 0 Å². The zero-order chi connectivity index (χ0) is 16.8. The van der Waals surface area contributed by atoms with Crippen molar-refractivity contribution in [3.63, 3.8) is 0 Å². The molecule has 0 aliphatic heterocycles. The molecule has 0 atom stereocenters. The molecule has 3 rings (SSSR count). The van der Waals surface area contributed by atoms with Crippen LogP contribution in [0.25, 0.3) is 0 Å². The maximum atomic E-state index is 12.5. The molecule has 0 unspecified atom stereocenters. The van der Waals surface area contributed by atoms with Gasteiger partial charge in [0.15, 0.2) is 0 Å². The van der Waals surface area contributed by atoms with Gasteiger partial charge in [0.2, 0.25) is 0 Å². The lowest BCUT2D eigenvalue weighted by molar-refractivity contribution is 0.102. The predicted octanol–water partition coefficient (Wildman–Crippen LogP) is 5.09. The lowest BCUT2D eigenvalue weighted by atomic mass is 10.0. The molecule has 0 saturated heterocycles. The van der Waals surface area contributed by atoms with Crippen molar-refractivity contribution in [2.24, 2.45) is 0 Å². The number of hydrogen-bond donors (Lipinski definition) is 1. The van der Waals surface area contributed by atoms with Crippen LogP contribution in [0.4, 0.5) is 5.69 Å². The van der Waals surface area contributed by atoms with Crippen molar-refractivity contribution >= 4 is 11.6 Å². The normalized spacial score (nSPS) is 10.4. The van der Waals surface area contributed by atoms with Crippen LogP contribution in [0.15, 0.2) is 78.9 Å². The molecule has 3 aromatic carbocycles. The van der Waals surface area contributed by atoms with E-state index in [9.17, 15) is 4.79 Å². The molecule has 24 heavy (non-hydrogen) atoms. The highest BCUT2D eigenvalue weighted by Gasteiger charge is 2.09. The van der Waals surface area contributed by atoms with E-state index < -0.39 is 0 Å². The summed E-state index contributed by atoms with van der Waals surface area (Å²) in [6.45, 7) is 2.11. The molecule has 0 aliphatic carbocycles. The molecule has 1 amide bonds. The van der Waals surface area contributed by atoms with Crippen molar-refractivity contribution < 1.29 is 4.79 Å². The van der Waals surface area contributed by atoms with Crippen LogP contribution in [0.2, 0.25) is 0 Å². The molecule has 0 heterocycles. The predicted molar refractivity (Wildman–Crippen MR) is 99.5 cm³/mol. The molecule has 2 nitrogen and oxygen atoms in total. The monoisotopic (exact) mass is 315 g/mol. The lowest BCUT2D eigenvalue weighted by Gasteiger charge is -2.11. The minimum absolute atomic E-state index is 0.0711. The number of para-hydroxylation sites is 1. The van der Waals surface area contributed by atoms with Gasteiger partial charge in [-0.15, -0.1) is 0 Å². The van der Waals surface area contributed by atoms with E-state index in [2.05, 4.69) is 30.4 Å². The van der Waals surface area contributed by atoms with Gasteiger partial charge in [-0.25, -0.2) is 0 Å². The molecule has 120 valence electrons. The Morgan fingerprint density at radius 3 is 2.17 bits per heavy atom. The highest BCUT2D eigenvalue weighted by atomic mass is 16.1. The van der Waals surface area contributed by atoms with Crippen molar-refractivity contribution in [1.29, 1.82) is 0 Å². The van der Waals surface area contributed by atoms with E-state index in [0.717, 1.165) is 24.1 Å². The summed E-state index contributed by atoms with van der Waals surface area (Å²) in [5.74, 6) is -0.0711. The van der Waals surface area contributed by atoms with Crippen LogP contribution in [-0.4, -0.2) is 5.91 Å². The van der Waals surface area contributed by atoms with E-state index >= 15 is 0 Å². The third-order valence-corrected chi connectivity index (χ3v) is 4.13. The second-order valence-corrected chi connectivity index (χ2v) is 5.82. The first-order valence-corrected chi connectivity index (χ1v) is 8.28. The number of hydrogen-bond acceptors (Lipinski definition) is 1. The fraction of sp³-hybridized carbons (Fsp3) is 0.136. The minimum Gasteiger partial charge on any atom is -0.322 e. The van der Waals surface area contributed by atoms with Crippen LogP contribution >= 0.6 is 0 Å². The number of anilines is 1. The molecule has 2 heteroatoms. The number of nitrogens with one attached hydrogen (secondary N) is 1. The Kier molecular flexibility index (Phi) is 5.07. The first-order chi connectivity index (χ1) is 11.8. The Morgan fingerprint density at radius 1 is 0.792 bits per heavy atom. The van der Waals surface area contributed by atoms with E-state index in [0.29, 0.717) is 5.56 Å². The number of benzene rings is 3. The average Bonchev–Trinajstić information content (AvgIpc) is 2.64. The molecule has 0 radical (unpaired) electrons. The number of carbonyl (C=O) groups excluding carboxylic acids is 1. The Morgan fingerprint density at radius 2 is 1.46 bits per heavy atom. The van der Waals surface area contributed by atoms with Gasteiger partial charge in [0, 0.05) is 11.3 Å². The third kappa shape index (κ3) is 3.90. The molecule has 0 spiro atoms. The van der Waals surface area contributed by atoms with Crippen LogP contribution in [0.5, 0.6) is 0 Å². The highest BCUT2D eigenvalue weighted by Crippen LogP contribution is 2.20. The van der Waals surface area contributed by atoms with E-state index in [1.54, 1.807) is 0 Å². The molecule has 0 fully saturated rings. The third-order valence-electron chi connectivity index (χ3n) is 4.13. The maximum Gasteiger partial charge on any atom is 0.255 e. The van der Waals surface area contributed by atoms with Crippen molar-refractivity contribution in [3.05, 3.63) is 101 Å². The summed E-state index contributed by atoms with van der Waals surface area (Å²) >= 11 is 0. The van der Waals surface area contributed by atoms with Gasteiger partial charge >= 0.3 is 0 Å². The van der Waals surface area contributed by atoms with Gasteiger partial charge in [0.25, 0.3) is 5.91 Å². The second-order valence-electron chi connectivity index (χ2n) is 5.82. The molecule has 0 aromatic heterocycles. The Balaban J connectivity index is 1.78. The van der Waals surface area contributed by atoms with Crippen LogP contribution in [-0.2, 0) is 12.8 Å². The number of carbonyl (C=O) groups is 1. The smallest absolute Gasteiger partial charge is 0.255 e. The van der Waals surface area contributed by atoms with Crippen molar-refractivity contribution in [3.8, 4) is 0 Å². The van der Waals surface area contributed by atoms with Gasteiger partial charge in [-0.1, -0.05) is 67.6 Å². The fourth-order valence-electron chi connectivity index (χ4n) is 2.70. The van der Waals surface area contributed by atoms with Gasteiger partial charge in [0.1, 0.15) is 0 Å². The van der Waals surface area contributed by atoms with Crippen molar-refractivity contribution in [1.82, 2.24) is 0 Å². The van der Waals surface area contributed by atoms with E-state index in [1.807, 2.05) is 60.7 Å². The lowest BCUT2D eigenvalue weighted by Crippen LogP contribution is -2.13. The summed E-state index contributed by atoms with van der Waals surface area (Å²) in [5.41, 5.74) is 5.12. The molecular formula is C22H21NO. The zero-order valence-electron chi connectivity index (χ0n) is 13.8. The van der Waals surface area contributed by atoms with Gasteiger partial charge in [-0.05, 0) is 47.7 Å². The summed E-state index contributed by atoms with van der Waals surface area (Å²) in [5, 5.41) is 3.05. The quantitative estimate of drug-likeness (QED) is 0.698. The van der Waals surface area contributed by atoms with Gasteiger partial charge in [-0.3, -0.25) is 4.79 Å². The highest BCUT2D eigenvalue weighted by molar-refractivity contribution is 6.04. The van der Waals surface area contributed by atoms with Gasteiger partial charge in [0.05, 0.1) is 0 Å². The Labute approximate surface area is 143 Å². The largest absolute Gasteiger partial charge is 0.322 e. The topological polar surface area (TPSA) is 29.1 Å². The minimum atomic E-state index is -0.0711. The standard InChI is InChI=1S/C22H21NO/c1-2-17-12-14-19(15-13-17)22(24)23-21-11-7-6-10-20(21)16-18-8-4-3-5-9-18/h3-15H,2,16H2,1H3,(H,23,24). The number of aryl methyl sites for hydroxylation is 1. The molecule has 3 aromatic rings. The number of rotatable bonds is 5. The van der Waals surface area contributed by atoms with Gasteiger partial charge in [-0.2, -0.15) is 0 Å². The first-order valence-electron chi connectivity index (χ1n) is 8.28. The molecule has 0 aliphatic rings. The maximum absolute atomic E-state index is 12.5. The Hall–Kier alpha value is -2.87. The van der Waals surface area contributed by atoms with Gasteiger partial charge < -0.3 is 5.32 Å². The van der Waals surface area contributed by atoms with Crippen LogP contribution < -0.4 is 5.32 Å². The Bertz CT molecular complexity index is 807. The van der Waals surface area contributed by atoms with E-state index in [1.165, 1.54) is 11.1 Å². The SMILES string of the molecule is CCc1ccc(C(=O)Nc2ccccc2Cc2ccccc2)cc1. The molecular weight excluding hydrogens is 294 g/mol. The average molecular weight is 315 g/mol. The molecule has 0 bridgehead atoms. The second kappa shape index (κ2) is 7.60. The summed E-state index contributed by atoms with van der Waals surface area (Å²) in [6, 6.07) is 26.0. The first kappa shape index (κ1) is 16.0. The number of amides is 1. The summed E-state index contributed by atoms with van der Waals surface area (Å²) < 4.78 is 0. The molecule has 1 N–H and O–H groups in total. The fourth-order valence-corrected chi connectivity index (χ4v) is 2.70. The zero-order valence-corrected chi connectivity index (χ0v) is 13.8. The summed E-state index contributed by atoms with van der Waals surface area (Å²) in [7, 11) is 0.